The Hall–Kier alpha value is -1.86. The van der Waals surface area contributed by atoms with Gasteiger partial charge in [0, 0.05) is 11.6 Å². The highest BCUT2D eigenvalue weighted by atomic mass is 35.5. The van der Waals surface area contributed by atoms with Crippen molar-refractivity contribution in [3.8, 4) is 5.75 Å². The molecule has 0 atom stereocenters. The van der Waals surface area contributed by atoms with Crippen LogP contribution >= 0.6 is 11.6 Å². The molecule has 0 saturated heterocycles. The first kappa shape index (κ1) is 17.9. The lowest BCUT2D eigenvalue weighted by Gasteiger charge is -2.40. The number of amides is 1. The summed E-state index contributed by atoms with van der Waals surface area (Å²) in [5.41, 5.74) is -0.140. The van der Waals surface area contributed by atoms with Crippen molar-refractivity contribution in [3.05, 3.63) is 11.2 Å². The number of methoxy groups -OCH3 is 1. The highest BCUT2D eigenvalue weighted by Gasteiger charge is 2.38. The Morgan fingerprint density at radius 2 is 2.16 bits per heavy atom. The monoisotopic (exact) mass is 366 g/mol. The molecule has 0 unspecified atom stereocenters. The Morgan fingerprint density at radius 3 is 2.68 bits per heavy atom. The van der Waals surface area contributed by atoms with Gasteiger partial charge in [-0.3, -0.25) is 14.7 Å². The zero-order valence-corrected chi connectivity index (χ0v) is 15.6. The number of nitrogens with zero attached hydrogens (tertiary/aromatic N) is 3. The average Bonchev–Trinajstić information content (AvgIpc) is 2.79. The number of fused-ring (bicyclic) bond motifs is 1. The van der Waals surface area contributed by atoms with Gasteiger partial charge in [-0.2, -0.15) is 0 Å². The summed E-state index contributed by atoms with van der Waals surface area (Å²) in [6.07, 6.45) is 3.00. The summed E-state index contributed by atoms with van der Waals surface area (Å²) in [5.74, 6) is 0.603. The van der Waals surface area contributed by atoms with Crippen LogP contribution in [0.2, 0.25) is 5.15 Å². The SMILES string of the molecule is COc1cc(Cl)nc2c1nc(NC(=O)CC(C)(C)O)n2C1(C)CCC1. The average molecular weight is 367 g/mol. The molecule has 0 aromatic carbocycles. The van der Waals surface area contributed by atoms with Crippen molar-refractivity contribution in [1.29, 1.82) is 0 Å². The van der Waals surface area contributed by atoms with Crippen LogP contribution in [-0.2, 0) is 10.3 Å². The molecule has 25 heavy (non-hydrogen) atoms. The van der Waals surface area contributed by atoms with E-state index >= 15 is 0 Å². The van der Waals surface area contributed by atoms with Gasteiger partial charge in [0.1, 0.15) is 5.15 Å². The third-order valence-corrected chi connectivity index (χ3v) is 4.78. The number of halogens is 1. The second-order valence-electron chi connectivity index (χ2n) is 7.48. The van der Waals surface area contributed by atoms with Gasteiger partial charge in [0.25, 0.3) is 0 Å². The summed E-state index contributed by atoms with van der Waals surface area (Å²) < 4.78 is 7.31. The molecule has 1 aliphatic rings. The molecule has 0 spiro atoms. The molecule has 2 heterocycles. The lowest BCUT2D eigenvalue weighted by molar-refractivity contribution is -0.119. The maximum atomic E-state index is 12.3. The number of ether oxygens (including phenoxy) is 1. The normalized spacial score (nSPS) is 16.6. The first-order chi connectivity index (χ1) is 11.6. The van der Waals surface area contributed by atoms with Crippen molar-refractivity contribution < 1.29 is 14.6 Å². The van der Waals surface area contributed by atoms with Gasteiger partial charge in [-0.1, -0.05) is 11.6 Å². The van der Waals surface area contributed by atoms with E-state index in [2.05, 4.69) is 22.2 Å². The van der Waals surface area contributed by atoms with Gasteiger partial charge in [-0.25, -0.2) is 9.97 Å². The minimum atomic E-state index is -1.10. The molecule has 136 valence electrons. The van der Waals surface area contributed by atoms with E-state index in [1.807, 2.05) is 4.57 Å². The molecule has 2 N–H and O–H groups in total. The fraction of sp³-hybridized carbons (Fsp3) is 0.588. The van der Waals surface area contributed by atoms with E-state index in [1.165, 1.54) is 0 Å². The number of nitrogens with one attached hydrogen (secondary N) is 1. The topological polar surface area (TPSA) is 89.3 Å². The third-order valence-electron chi connectivity index (χ3n) is 4.58. The molecular weight excluding hydrogens is 344 g/mol. The molecule has 3 rings (SSSR count). The number of pyridine rings is 1. The lowest BCUT2D eigenvalue weighted by atomic mass is 9.78. The first-order valence-corrected chi connectivity index (χ1v) is 8.66. The van der Waals surface area contributed by atoms with Crippen LogP contribution in [0.15, 0.2) is 6.07 Å². The molecule has 2 aromatic heterocycles. The van der Waals surface area contributed by atoms with Crippen LogP contribution in [0.25, 0.3) is 11.2 Å². The number of aromatic nitrogens is 3. The second-order valence-corrected chi connectivity index (χ2v) is 7.87. The Kier molecular flexibility index (Phi) is 4.41. The van der Waals surface area contributed by atoms with Crippen LogP contribution < -0.4 is 10.1 Å². The van der Waals surface area contributed by atoms with E-state index in [4.69, 9.17) is 16.3 Å². The first-order valence-electron chi connectivity index (χ1n) is 8.29. The van der Waals surface area contributed by atoms with E-state index in [0.717, 1.165) is 19.3 Å². The van der Waals surface area contributed by atoms with E-state index in [0.29, 0.717) is 28.0 Å². The van der Waals surface area contributed by atoms with Gasteiger partial charge in [-0.05, 0) is 40.0 Å². The van der Waals surface area contributed by atoms with Gasteiger partial charge < -0.3 is 9.84 Å². The maximum absolute atomic E-state index is 12.3. The van der Waals surface area contributed by atoms with Crippen molar-refractivity contribution in [2.24, 2.45) is 0 Å². The van der Waals surface area contributed by atoms with E-state index in [1.54, 1.807) is 27.0 Å². The summed E-state index contributed by atoms with van der Waals surface area (Å²) in [4.78, 5) is 21.3. The fourth-order valence-corrected chi connectivity index (χ4v) is 3.39. The van der Waals surface area contributed by atoms with Crippen LogP contribution in [0.1, 0.15) is 46.5 Å². The van der Waals surface area contributed by atoms with Crippen molar-refractivity contribution in [1.82, 2.24) is 14.5 Å². The van der Waals surface area contributed by atoms with Crippen molar-refractivity contribution in [3.63, 3.8) is 0 Å². The number of anilines is 1. The van der Waals surface area contributed by atoms with Gasteiger partial charge in [0.2, 0.25) is 11.9 Å². The van der Waals surface area contributed by atoms with E-state index < -0.39 is 5.60 Å². The smallest absolute Gasteiger partial charge is 0.229 e. The Bertz CT molecular complexity index is 821. The van der Waals surface area contributed by atoms with Crippen LogP contribution in [0, 0.1) is 0 Å². The van der Waals surface area contributed by atoms with Gasteiger partial charge >= 0.3 is 0 Å². The molecule has 7 nitrogen and oxygen atoms in total. The molecule has 0 radical (unpaired) electrons. The Balaban J connectivity index is 2.10. The molecule has 8 heteroatoms. The fourth-order valence-electron chi connectivity index (χ4n) is 3.21. The molecule has 1 amide bonds. The molecule has 0 aliphatic heterocycles. The van der Waals surface area contributed by atoms with Crippen LogP contribution in [0.4, 0.5) is 5.95 Å². The molecule has 1 saturated carbocycles. The van der Waals surface area contributed by atoms with Gasteiger partial charge in [0.15, 0.2) is 16.9 Å². The number of carbonyl (C=O) groups is 1. The number of rotatable bonds is 5. The maximum Gasteiger partial charge on any atom is 0.229 e. The van der Waals surface area contributed by atoms with E-state index in [-0.39, 0.29) is 17.9 Å². The Morgan fingerprint density at radius 1 is 1.48 bits per heavy atom. The molecule has 2 aromatic rings. The standard InChI is InChI=1S/C17H23ClN4O3/c1-16(2,24)9-12(23)20-15-21-13-10(25-4)8-11(18)19-14(13)22(15)17(3)6-5-7-17/h8,24H,5-7,9H2,1-4H3,(H,20,21,23). The largest absolute Gasteiger partial charge is 0.494 e. The zero-order chi connectivity index (χ0) is 18.4. The lowest BCUT2D eigenvalue weighted by Crippen LogP contribution is -2.39. The predicted molar refractivity (Wildman–Crippen MR) is 96.1 cm³/mol. The van der Waals surface area contributed by atoms with Crippen LogP contribution in [0.5, 0.6) is 5.75 Å². The third kappa shape index (κ3) is 3.43. The summed E-state index contributed by atoms with van der Waals surface area (Å²) in [6.45, 7) is 5.29. The molecule has 1 aliphatic carbocycles. The quantitative estimate of drug-likeness (QED) is 0.794. The molecular formula is C17H23ClN4O3. The van der Waals surface area contributed by atoms with Gasteiger partial charge in [-0.15, -0.1) is 0 Å². The van der Waals surface area contributed by atoms with Crippen molar-refractivity contribution in [2.75, 3.05) is 12.4 Å². The zero-order valence-electron chi connectivity index (χ0n) is 14.9. The summed E-state index contributed by atoms with van der Waals surface area (Å²) in [6, 6.07) is 1.60. The van der Waals surface area contributed by atoms with E-state index in [9.17, 15) is 9.90 Å². The molecule has 0 bridgehead atoms. The van der Waals surface area contributed by atoms with Crippen LogP contribution in [0.3, 0.4) is 0 Å². The highest BCUT2D eigenvalue weighted by Crippen LogP contribution is 2.44. The van der Waals surface area contributed by atoms with Crippen molar-refractivity contribution in [2.45, 2.75) is 57.6 Å². The number of hydrogen-bond acceptors (Lipinski definition) is 5. The number of aliphatic hydroxyl groups is 1. The summed E-state index contributed by atoms with van der Waals surface area (Å²) in [5, 5.41) is 13.0. The number of carbonyl (C=O) groups excluding carboxylic acids is 1. The summed E-state index contributed by atoms with van der Waals surface area (Å²) in [7, 11) is 1.54. The minimum Gasteiger partial charge on any atom is -0.494 e. The Labute approximate surface area is 151 Å². The highest BCUT2D eigenvalue weighted by molar-refractivity contribution is 6.30. The summed E-state index contributed by atoms with van der Waals surface area (Å²) >= 11 is 6.14. The number of hydrogen-bond donors (Lipinski definition) is 2. The predicted octanol–water partition coefficient (Wildman–Crippen LogP) is 3.09. The minimum absolute atomic E-state index is 0.0295. The van der Waals surface area contributed by atoms with Gasteiger partial charge in [0.05, 0.1) is 19.1 Å². The number of imidazole rings is 1. The van der Waals surface area contributed by atoms with Crippen molar-refractivity contribution >= 4 is 34.6 Å². The second kappa shape index (κ2) is 6.14. The molecule has 1 fully saturated rings. The van der Waals surface area contributed by atoms with Crippen LogP contribution in [-0.4, -0.2) is 38.3 Å².